The third-order valence-corrected chi connectivity index (χ3v) is 3.80. The number of nitrogens with one attached hydrogen (secondary N) is 1. The number of ether oxygens (including phenoxy) is 1. The zero-order valence-electron chi connectivity index (χ0n) is 13.5. The van der Waals surface area contributed by atoms with Crippen molar-refractivity contribution in [3.63, 3.8) is 0 Å². The molecule has 4 heteroatoms. The van der Waals surface area contributed by atoms with Crippen molar-refractivity contribution in [1.82, 2.24) is 10.3 Å². The van der Waals surface area contributed by atoms with Crippen molar-refractivity contribution in [2.24, 2.45) is 0 Å². The molecule has 0 fully saturated rings. The molecule has 0 saturated carbocycles. The van der Waals surface area contributed by atoms with Crippen LogP contribution in [0.25, 0.3) is 0 Å². The Bertz CT molecular complexity index is 385. The molecule has 21 heavy (non-hydrogen) atoms. The molecule has 0 aliphatic carbocycles. The average Bonchev–Trinajstić information content (AvgIpc) is 2.48. The van der Waals surface area contributed by atoms with Crippen LogP contribution in [0.5, 0.6) is 5.88 Å². The van der Waals surface area contributed by atoms with Crippen LogP contribution in [0.1, 0.15) is 64.4 Å². The van der Waals surface area contributed by atoms with Crippen molar-refractivity contribution in [3.05, 3.63) is 22.3 Å². The largest absolute Gasteiger partial charge is 0.477 e. The molecule has 0 spiro atoms. The second-order valence-corrected chi connectivity index (χ2v) is 6.33. The van der Waals surface area contributed by atoms with Crippen LogP contribution in [-0.4, -0.2) is 18.1 Å². The summed E-state index contributed by atoms with van der Waals surface area (Å²) in [6.07, 6.45) is 10.6. The topological polar surface area (TPSA) is 34.1 Å². The fourth-order valence-electron chi connectivity index (χ4n) is 2.18. The Morgan fingerprint density at radius 3 is 2.62 bits per heavy atom. The lowest BCUT2D eigenvalue weighted by Crippen LogP contribution is -2.15. The summed E-state index contributed by atoms with van der Waals surface area (Å²) >= 11 is 3.48. The first-order valence-electron chi connectivity index (χ1n) is 8.25. The third-order valence-electron chi connectivity index (χ3n) is 3.37. The average molecular weight is 357 g/mol. The molecule has 3 nitrogen and oxygen atoms in total. The summed E-state index contributed by atoms with van der Waals surface area (Å²) in [4.78, 5) is 4.40. The number of unbranched alkanes of at least 4 members (excludes halogenated alkanes) is 5. The fraction of sp³-hybridized carbons (Fsp3) is 0.706. The zero-order valence-corrected chi connectivity index (χ0v) is 15.0. The predicted molar refractivity (Wildman–Crippen MR) is 92.8 cm³/mol. The molecule has 120 valence electrons. The summed E-state index contributed by atoms with van der Waals surface area (Å²) < 4.78 is 6.86. The number of hydrogen-bond donors (Lipinski definition) is 1. The van der Waals surface area contributed by atoms with Gasteiger partial charge >= 0.3 is 0 Å². The molecule has 0 atom stereocenters. The van der Waals surface area contributed by atoms with E-state index in [4.69, 9.17) is 4.74 Å². The summed E-state index contributed by atoms with van der Waals surface area (Å²) in [5.74, 6) is 0.773. The Hall–Kier alpha value is -0.610. The molecule has 1 N–H and O–H groups in total. The van der Waals surface area contributed by atoms with E-state index in [0.29, 0.717) is 0 Å². The van der Waals surface area contributed by atoms with Crippen molar-refractivity contribution in [1.29, 1.82) is 0 Å². The molecule has 0 aromatic carbocycles. The maximum absolute atomic E-state index is 5.86. The first-order chi connectivity index (χ1) is 10.3. The Morgan fingerprint density at radius 2 is 1.86 bits per heavy atom. The number of pyridine rings is 1. The highest BCUT2D eigenvalue weighted by molar-refractivity contribution is 9.10. The van der Waals surface area contributed by atoms with E-state index in [1.807, 2.05) is 0 Å². The van der Waals surface area contributed by atoms with Crippen LogP contribution in [0.15, 0.2) is 16.7 Å². The molecule has 1 aromatic rings. The Balaban J connectivity index is 2.32. The second kappa shape index (κ2) is 12.0. The Labute approximate surface area is 138 Å². The molecule has 0 bridgehead atoms. The van der Waals surface area contributed by atoms with Gasteiger partial charge in [0, 0.05) is 22.8 Å². The minimum Gasteiger partial charge on any atom is -0.477 e. The van der Waals surface area contributed by atoms with Crippen LogP contribution in [0, 0.1) is 0 Å². The van der Waals surface area contributed by atoms with Crippen LogP contribution in [0.3, 0.4) is 0 Å². The van der Waals surface area contributed by atoms with Gasteiger partial charge in [0.15, 0.2) is 0 Å². The minimum absolute atomic E-state index is 0.765. The number of aromatic nitrogens is 1. The standard InChI is InChI=1S/C17H29BrN2O/c1-3-5-6-7-8-9-11-21-17-15(13-19-10-4-2)12-16(18)14-20-17/h12,14,19H,3-11,13H2,1-2H3. The maximum Gasteiger partial charge on any atom is 0.217 e. The van der Waals surface area contributed by atoms with Gasteiger partial charge in [-0.25, -0.2) is 4.98 Å². The van der Waals surface area contributed by atoms with Crippen LogP contribution in [0.2, 0.25) is 0 Å². The van der Waals surface area contributed by atoms with Crippen molar-refractivity contribution in [2.45, 2.75) is 65.3 Å². The van der Waals surface area contributed by atoms with Gasteiger partial charge in [-0.3, -0.25) is 0 Å². The number of rotatable bonds is 12. The van der Waals surface area contributed by atoms with Gasteiger partial charge in [-0.05, 0) is 41.4 Å². The van der Waals surface area contributed by atoms with Gasteiger partial charge in [0.25, 0.3) is 0 Å². The Kier molecular flexibility index (Phi) is 10.5. The molecule has 0 saturated heterocycles. The molecule has 1 heterocycles. The number of nitrogens with zero attached hydrogens (tertiary/aromatic N) is 1. The van der Waals surface area contributed by atoms with E-state index in [0.717, 1.165) is 48.5 Å². The molecular formula is C17H29BrN2O. The van der Waals surface area contributed by atoms with E-state index < -0.39 is 0 Å². The van der Waals surface area contributed by atoms with Gasteiger partial charge in [0.1, 0.15) is 0 Å². The highest BCUT2D eigenvalue weighted by atomic mass is 79.9. The van der Waals surface area contributed by atoms with E-state index in [-0.39, 0.29) is 0 Å². The smallest absolute Gasteiger partial charge is 0.217 e. The predicted octanol–water partition coefficient (Wildman–Crippen LogP) is 5.08. The molecule has 0 unspecified atom stereocenters. The van der Waals surface area contributed by atoms with Gasteiger partial charge < -0.3 is 10.1 Å². The lowest BCUT2D eigenvalue weighted by molar-refractivity contribution is 0.289. The molecule has 1 rings (SSSR count). The minimum atomic E-state index is 0.765. The van der Waals surface area contributed by atoms with E-state index in [2.05, 4.69) is 46.1 Å². The van der Waals surface area contributed by atoms with Crippen molar-refractivity contribution in [3.8, 4) is 5.88 Å². The van der Waals surface area contributed by atoms with E-state index in [1.54, 1.807) is 6.20 Å². The van der Waals surface area contributed by atoms with Crippen molar-refractivity contribution >= 4 is 15.9 Å². The SMILES string of the molecule is CCCCCCCCOc1ncc(Br)cc1CNCCC. The first-order valence-corrected chi connectivity index (χ1v) is 9.05. The number of hydrogen-bond acceptors (Lipinski definition) is 3. The number of halogens is 1. The van der Waals surface area contributed by atoms with E-state index >= 15 is 0 Å². The first kappa shape index (κ1) is 18.4. The van der Waals surface area contributed by atoms with Crippen LogP contribution >= 0.6 is 15.9 Å². The highest BCUT2D eigenvalue weighted by Gasteiger charge is 2.06. The van der Waals surface area contributed by atoms with Crippen LogP contribution in [-0.2, 0) is 6.54 Å². The summed E-state index contributed by atoms with van der Waals surface area (Å²) in [5, 5.41) is 3.40. The summed E-state index contributed by atoms with van der Waals surface area (Å²) in [5.41, 5.74) is 1.13. The van der Waals surface area contributed by atoms with Gasteiger partial charge in [-0.1, -0.05) is 46.0 Å². The monoisotopic (exact) mass is 356 g/mol. The molecular weight excluding hydrogens is 328 g/mol. The lowest BCUT2D eigenvalue weighted by Gasteiger charge is -2.11. The van der Waals surface area contributed by atoms with Gasteiger partial charge in [-0.15, -0.1) is 0 Å². The lowest BCUT2D eigenvalue weighted by atomic mass is 10.1. The molecule has 0 radical (unpaired) electrons. The molecule has 0 amide bonds. The zero-order chi connectivity index (χ0) is 15.3. The van der Waals surface area contributed by atoms with E-state index in [1.165, 1.54) is 32.1 Å². The molecule has 0 aliphatic heterocycles. The second-order valence-electron chi connectivity index (χ2n) is 5.41. The highest BCUT2D eigenvalue weighted by Crippen LogP contribution is 2.20. The van der Waals surface area contributed by atoms with Crippen LogP contribution in [0.4, 0.5) is 0 Å². The third kappa shape index (κ3) is 8.42. The van der Waals surface area contributed by atoms with Gasteiger partial charge in [0.2, 0.25) is 5.88 Å². The van der Waals surface area contributed by atoms with Crippen molar-refractivity contribution in [2.75, 3.05) is 13.2 Å². The Morgan fingerprint density at radius 1 is 1.10 bits per heavy atom. The molecule has 0 aliphatic rings. The van der Waals surface area contributed by atoms with Crippen LogP contribution < -0.4 is 10.1 Å². The fourth-order valence-corrected chi connectivity index (χ4v) is 2.56. The van der Waals surface area contributed by atoms with Crippen molar-refractivity contribution < 1.29 is 4.74 Å². The molecule has 1 aromatic heterocycles. The van der Waals surface area contributed by atoms with Gasteiger partial charge in [0.05, 0.1) is 6.61 Å². The summed E-state index contributed by atoms with van der Waals surface area (Å²) in [7, 11) is 0. The summed E-state index contributed by atoms with van der Waals surface area (Å²) in [6, 6.07) is 2.09. The maximum atomic E-state index is 5.86. The van der Waals surface area contributed by atoms with Gasteiger partial charge in [-0.2, -0.15) is 0 Å². The van der Waals surface area contributed by atoms with E-state index in [9.17, 15) is 0 Å². The normalized spacial score (nSPS) is 10.8. The quantitative estimate of drug-likeness (QED) is 0.530. The summed E-state index contributed by atoms with van der Waals surface area (Å²) in [6.45, 7) is 7.01.